The van der Waals surface area contributed by atoms with Crippen LogP contribution in [0.3, 0.4) is 0 Å². The van der Waals surface area contributed by atoms with E-state index in [9.17, 15) is 4.79 Å². The second-order valence-corrected chi connectivity index (χ2v) is 4.37. The van der Waals surface area contributed by atoms with Crippen molar-refractivity contribution in [1.29, 1.82) is 0 Å². The van der Waals surface area contributed by atoms with Gasteiger partial charge in [0, 0.05) is 25.2 Å². The molecule has 0 bridgehead atoms. The molecule has 1 aromatic heterocycles. The molecule has 1 heterocycles. The zero-order valence-electron chi connectivity index (χ0n) is 9.47. The molecule has 2 rings (SSSR count). The summed E-state index contributed by atoms with van der Waals surface area (Å²) in [5.74, 6) is 0. The van der Waals surface area contributed by atoms with Gasteiger partial charge >= 0.3 is 0 Å². The number of pyridine rings is 1. The van der Waals surface area contributed by atoms with E-state index in [1.54, 1.807) is 13.0 Å². The molecule has 0 aliphatic rings. The van der Waals surface area contributed by atoms with Crippen molar-refractivity contribution in [2.75, 3.05) is 19.0 Å². The SMILES string of the molecule is Cc1[nH]c2c(N(C)C)cccc2c(=O)c1Cl. The smallest absolute Gasteiger partial charge is 0.208 e. The first-order chi connectivity index (χ1) is 7.52. The van der Waals surface area contributed by atoms with E-state index in [-0.39, 0.29) is 10.5 Å². The van der Waals surface area contributed by atoms with Crippen molar-refractivity contribution >= 4 is 28.2 Å². The fraction of sp³-hybridized carbons (Fsp3) is 0.250. The number of halogens is 1. The van der Waals surface area contributed by atoms with Crippen LogP contribution in [0.25, 0.3) is 10.9 Å². The minimum absolute atomic E-state index is 0.114. The molecule has 1 N–H and O–H groups in total. The highest BCUT2D eigenvalue weighted by atomic mass is 35.5. The number of rotatable bonds is 1. The summed E-state index contributed by atoms with van der Waals surface area (Å²) in [6.45, 7) is 1.80. The predicted octanol–water partition coefficient (Wildman–Crippen LogP) is 2.56. The summed E-state index contributed by atoms with van der Waals surface area (Å²) >= 11 is 5.93. The first-order valence-electron chi connectivity index (χ1n) is 5.01. The Hall–Kier alpha value is -1.48. The Labute approximate surface area is 98.7 Å². The molecule has 2 aromatic rings. The van der Waals surface area contributed by atoms with Gasteiger partial charge in [0.1, 0.15) is 5.02 Å². The minimum Gasteiger partial charge on any atom is -0.376 e. The molecule has 0 saturated heterocycles. The molecule has 84 valence electrons. The van der Waals surface area contributed by atoms with Crippen LogP contribution in [-0.2, 0) is 0 Å². The number of aromatic nitrogens is 1. The molecular weight excluding hydrogens is 224 g/mol. The highest BCUT2D eigenvalue weighted by Crippen LogP contribution is 2.23. The number of anilines is 1. The molecule has 0 unspecified atom stereocenters. The maximum Gasteiger partial charge on any atom is 0.208 e. The molecule has 0 amide bonds. The van der Waals surface area contributed by atoms with Gasteiger partial charge in [-0.1, -0.05) is 17.7 Å². The Kier molecular flexibility index (Phi) is 2.64. The lowest BCUT2D eigenvalue weighted by Gasteiger charge is -2.15. The van der Waals surface area contributed by atoms with Crippen molar-refractivity contribution < 1.29 is 0 Å². The van der Waals surface area contributed by atoms with Crippen LogP contribution in [0.5, 0.6) is 0 Å². The molecule has 0 aliphatic carbocycles. The highest BCUT2D eigenvalue weighted by molar-refractivity contribution is 6.31. The number of benzene rings is 1. The molecule has 16 heavy (non-hydrogen) atoms. The summed E-state index contributed by atoms with van der Waals surface area (Å²) in [5, 5.41) is 0.894. The normalized spacial score (nSPS) is 10.8. The number of aryl methyl sites for hydroxylation is 1. The third-order valence-electron chi connectivity index (χ3n) is 2.61. The molecule has 3 nitrogen and oxygen atoms in total. The molecule has 0 fully saturated rings. The van der Waals surface area contributed by atoms with Gasteiger partial charge in [-0.3, -0.25) is 4.79 Å². The van der Waals surface area contributed by atoms with E-state index in [0.29, 0.717) is 11.1 Å². The Morgan fingerprint density at radius 1 is 1.31 bits per heavy atom. The standard InChI is InChI=1S/C12H13ClN2O/c1-7-10(13)12(16)8-5-4-6-9(15(2)3)11(8)14-7/h4-6H,1-3H3,(H,14,16). The lowest BCUT2D eigenvalue weighted by molar-refractivity contribution is 1.13. The van der Waals surface area contributed by atoms with Gasteiger partial charge < -0.3 is 9.88 Å². The first kappa shape index (κ1) is 11.0. The summed E-state index contributed by atoms with van der Waals surface area (Å²) in [4.78, 5) is 17.1. The van der Waals surface area contributed by atoms with Crippen LogP contribution in [0.4, 0.5) is 5.69 Å². The number of nitrogens with one attached hydrogen (secondary N) is 1. The van der Waals surface area contributed by atoms with Crippen LogP contribution in [0, 0.1) is 6.92 Å². The van der Waals surface area contributed by atoms with Crippen LogP contribution >= 0.6 is 11.6 Å². The Morgan fingerprint density at radius 3 is 2.62 bits per heavy atom. The highest BCUT2D eigenvalue weighted by Gasteiger charge is 2.10. The lowest BCUT2D eigenvalue weighted by atomic mass is 10.1. The summed E-state index contributed by atoms with van der Waals surface area (Å²) in [7, 11) is 3.88. The van der Waals surface area contributed by atoms with Crippen molar-refractivity contribution in [3.05, 3.63) is 39.1 Å². The van der Waals surface area contributed by atoms with Gasteiger partial charge in [0.25, 0.3) is 0 Å². The third kappa shape index (κ3) is 1.57. The zero-order valence-corrected chi connectivity index (χ0v) is 10.2. The van der Waals surface area contributed by atoms with Gasteiger partial charge in [-0.15, -0.1) is 0 Å². The van der Waals surface area contributed by atoms with E-state index in [1.165, 1.54) is 0 Å². The molecule has 0 saturated carbocycles. The van der Waals surface area contributed by atoms with E-state index < -0.39 is 0 Å². The quantitative estimate of drug-likeness (QED) is 0.826. The van der Waals surface area contributed by atoms with Crippen LogP contribution < -0.4 is 10.3 Å². The Morgan fingerprint density at radius 2 is 2.00 bits per heavy atom. The molecule has 4 heteroatoms. The van der Waals surface area contributed by atoms with Crippen LogP contribution in [-0.4, -0.2) is 19.1 Å². The minimum atomic E-state index is -0.114. The molecule has 1 aromatic carbocycles. The summed E-state index contributed by atoms with van der Waals surface area (Å²) in [6, 6.07) is 5.61. The van der Waals surface area contributed by atoms with E-state index in [4.69, 9.17) is 11.6 Å². The van der Waals surface area contributed by atoms with Crippen molar-refractivity contribution in [3.8, 4) is 0 Å². The van der Waals surface area contributed by atoms with Crippen LogP contribution in [0.1, 0.15) is 5.69 Å². The van der Waals surface area contributed by atoms with Gasteiger partial charge in [0.05, 0.1) is 11.2 Å². The van der Waals surface area contributed by atoms with E-state index in [0.717, 1.165) is 11.2 Å². The second kappa shape index (κ2) is 3.83. The second-order valence-electron chi connectivity index (χ2n) is 3.99. The van der Waals surface area contributed by atoms with Gasteiger partial charge in [-0.2, -0.15) is 0 Å². The average molecular weight is 237 g/mol. The van der Waals surface area contributed by atoms with E-state index >= 15 is 0 Å². The monoisotopic (exact) mass is 236 g/mol. The summed E-state index contributed by atoms with van der Waals surface area (Å²) < 4.78 is 0. The molecule has 0 radical (unpaired) electrons. The van der Waals surface area contributed by atoms with E-state index in [1.807, 2.05) is 31.1 Å². The number of H-pyrrole nitrogens is 1. The maximum absolute atomic E-state index is 12.0. The van der Waals surface area contributed by atoms with E-state index in [2.05, 4.69) is 4.98 Å². The van der Waals surface area contributed by atoms with Crippen molar-refractivity contribution in [2.45, 2.75) is 6.92 Å². The topological polar surface area (TPSA) is 36.1 Å². The molecule has 0 spiro atoms. The van der Waals surface area contributed by atoms with Crippen molar-refractivity contribution in [1.82, 2.24) is 4.98 Å². The zero-order chi connectivity index (χ0) is 11.9. The molecule has 0 atom stereocenters. The number of hydrogen-bond acceptors (Lipinski definition) is 2. The lowest BCUT2D eigenvalue weighted by Crippen LogP contribution is -2.13. The van der Waals surface area contributed by atoms with Crippen molar-refractivity contribution in [3.63, 3.8) is 0 Å². The first-order valence-corrected chi connectivity index (χ1v) is 5.38. The third-order valence-corrected chi connectivity index (χ3v) is 3.07. The molecular formula is C12H13ClN2O. The van der Waals surface area contributed by atoms with Gasteiger partial charge in [-0.25, -0.2) is 0 Å². The number of fused-ring (bicyclic) bond motifs is 1. The van der Waals surface area contributed by atoms with Gasteiger partial charge in [-0.05, 0) is 19.1 Å². The van der Waals surface area contributed by atoms with Crippen molar-refractivity contribution in [2.24, 2.45) is 0 Å². The number of aromatic amines is 1. The predicted molar refractivity (Wildman–Crippen MR) is 68.6 cm³/mol. The summed E-state index contributed by atoms with van der Waals surface area (Å²) in [6.07, 6.45) is 0. The summed E-state index contributed by atoms with van der Waals surface area (Å²) in [5.41, 5.74) is 2.40. The number of nitrogens with zero attached hydrogens (tertiary/aromatic N) is 1. The van der Waals surface area contributed by atoms with Crippen LogP contribution in [0.2, 0.25) is 5.02 Å². The Balaban J connectivity index is 2.95. The maximum atomic E-state index is 12.0. The fourth-order valence-electron chi connectivity index (χ4n) is 1.76. The fourth-order valence-corrected chi connectivity index (χ4v) is 1.91. The molecule has 0 aliphatic heterocycles. The van der Waals surface area contributed by atoms with Crippen LogP contribution in [0.15, 0.2) is 23.0 Å². The van der Waals surface area contributed by atoms with Gasteiger partial charge in [0.2, 0.25) is 5.43 Å². The van der Waals surface area contributed by atoms with Gasteiger partial charge in [0.15, 0.2) is 0 Å². The number of para-hydroxylation sites is 1. The number of hydrogen-bond donors (Lipinski definition) is 1. The largest absolute Gasteiger partial charge is 0.376 e. The Bertz CT molecular complexity index is 602. The average Bonchev–Trinajstić information content (AvgIpc) is 2.25.